The molecule has 1 aromatic heterocycles. The molecule has 7 heteroatoms. The lowest BCUT2D eigenvalue weighted by Crippen LogP contribution is -2.54. The van der Waals surface area contributed by atoms with E-state index in [0.29, 0.717) is 17.5 Å². The fourth-order valence-corrected chi connectivity index (χ4v) is 5.76. The number of rotatable bonds is 2. The Hall–Kier alpha value is -2.48. The molecule has 4 aliphatic rings. The van der Waals surface area contributed by atoms with Crippen molar-refractivity contribution in [2.24, 2.45) is 22.7 Å². The molecule has 140 valence electrons. The quantitative estimate of drug-likeness (QED) is 0.750. The highest BCUT2D eigenvalue weighted by Crippen LogP contribution is 2.47. The van der Waals surface area contributed by atoms with Gasteiger partial charge in [0.05, 0.1) is 23.7 Å². The van der Waals surface area contributed by atoms with Gasteiger partial charge >= 0.3 is 0 Å². The lowest BCUT2D eigenvalue weighted by molar-refractivity contribution is 0.174. The molecule has 1 aliphatic carbocycles. The Balaban J connectivity index is 1.64. The van der Waals surface area contributed by atoms with Crippen LogP contribution in [0.4, 0.5) is 5.82 Å². The van der Waals surface area contributed by atoms with Crippen LogP contribution in [0.2, 0.25) is 0 Å². The first-order valence-electron chi connectivity index (χ1n) is 9.64. The highest BCUT2D eigenvalue weighted by molar-refractivity contribution is 9.10. The van der Waals surface area contributed by atoms with E-state index in [4.69, 9.17) is 4.99 Å². The number of fused-ring (bicyclic) bond motifs is 4. The molecule has 1 aromatic carbocycles. The van der Waals surface area contributed by atoms with Gasteiger partial charge in [-0.3, -0.25) is 5.10 Å². The van der Waals surface area contributed by atoms with Crippen LogP contribution in [0.5, 0.6) is 0 Å². The van der Waals surface area contributed by atoms with Gasteiger partial charge in [0.25, 0.3) is 0 Å². The molecule has 3 fully saturated rings. The largest absolute Gasteiger partial charge is 0.313 e. The standard InChI is InChI=1S/C21H19BrN6/c22-19-12(7-23)2-1-3-13(19)18-15(8-24)20(27-21-16(18)10-26-28-21)14-6-11-4-5-17(14)25-9-11/h1-3,10-11,14-15,17-18,25H,4-6,9H2,(H,26,28). The molecule has 6 rings (SSSR count). The second kappa shape index (κ2) is 6.84. The Morgan fingerprint density at radius 3 is 2.75 bits per heavy atom. The van der Waals surface area contributed by atoms with E-state index in [0.717, 1.165) is 46.5 Å². The van der Waals surface area contributed by atoms with Gasteiger partial charge in [-0.15, -0.1) is 0 Å². The van der Waals surface area contributed by atoms with Gasteiger partial charge in [0.15, 0.2) is 5.82 Å². The van der Waals surface area contributed by atoms with Crippen molar-refractivity contribution in [2.75, 3.05) is 6.54 Å². The Morgan fingerprint density at radius 2 is 2.07 bits per heavy atom. The van der Waals surface area contributed by atoms with Crippen LogP contribution >= 0.6 is 15.9 Å². The number of aromatic nitrogens is 2. The molecule has 6 nitrogen and oxygen atoms in total. The number of hydrogen-bond donors (Lipinski definition) is 2. The first-order valence-corrected chi connectivity index (χ1v) is 10.4. The number of nitriles is 2. The lowest BCUT2D eigenvalue weighted by Gasteiger charge is -2.45. The molecular formula is C21H19BrN6. The van der Waals surface area contributed by atoms with Gasteiger partial charge in [0, 0.05) is 33.6 Å². The number of halogens is 1. The van der Waals surface area contributed by atoms with Crippen molar-refractivity contribution in [1.29, 1.82) is 10.5 Å². The van der Waals surface area contributed by atoms with Gasteiger partial charge in [-0.1, -0.05) is 12.1 Å². The molecule has 5 unspecified atom stereocenters. The van der Waals surface area contributed by atoms with Gasteiger partial charge in [-0.25, -0.2) is 4.99 Å². The SMILES string of the molecule is N#Cc1cccc(C2c3cn[nH]c3N=C(C3CC4CCC3NC4)C2C#N)c1Br. The summed E-state index contributed by atoms with van der Waals surface area (Å²) in [5.74, 6) is 1.10. The Morgan fingerprint density at radius 1 is 1.18 bits per heavy atom. The minimum Gasteiger partial charge on any atom is -0.313 e. The summed E-state index contributed by atoms with van der Waals surface area (Å²) in [6.07, 6.45) is 5.25. The highest BCUT2D eigenvalue weighted by atomic mass is 79.9. The monoisotopic (exact) mass is 434 g/mol. The van der Waals surface area contributed by atoms with Crippen LogP contribution in [0, 0.1) is 40.4 Å². The zero-order chi connectivity index (χ0) is 19.3. The van der Waals surface area contributed by atoms with Crippen molar-refractivity contribution >= 4 is 27.5 Å². The van der Waals surface area contributed by atoms with E-state index in [2.05, 4.69) is 43.6 Å². The third-order valence-electron chi connectivity index (χ3n) is 6.51. The summed E-state index contributed by atoms with van der Waals surface area (Å²) in [5.41, 5.74) is 3.39. The molecule has 0 amide bonds. The van der Waals surface area contributed by atoms with Gasteiger partial charge in [-0.2, -0.15) is 15.6 Å². The van der Waals surface area contributed by atoms with Crippen LogP contribution in [0.15, 0.2) is 33.9 Å². The van der Waals surface area contributed by atoms with E-state index >= 15 is 0 Å². The summed E-state index contributed by atoms with van der Waals surface area (Å²) in [5, 5.41) is 30.5. The molecular weight excluding hydrogens is 416 g/mol. The molecule has 28 heavy (non-hydrogen) atoms. The third-order valence-corrected chi connectivity index (χ3v) is 7.39. The average molecular weight is 435 g/mol. The van der Waals surface area contributed by atoms with Crippen molar-refractivity contribution in [3.63, 3.8) is 0 Å². The first kappa shape index (κ1) is 17.6. The minimum absolute atomic E-state index is 0.200. The Labute approximate surface area is 171 Å². The van der Waals surface area contributed by atoms with Crippen molar-refractivity contribution in [2.45, 2.75) is 31.2 Å². The normalized spacial score (nSPS) is 30.8. The summed E-state index contributed by atoms with van der Waals surface area (Å²) in [6.45, 7) is 1.07. The van der Waals surface area contributed by atoms with E-state index in [1.54, 1.807) is 12.3 Å². The fourth-order valence-electron chi connectivity index (χ4n) is 5.16. The maximum atomic E-state index is 10.2. The summed E-state index contributed by atoms with van der Waals surface area (Å²) in [4.78, 5) is 4.90. The summed E-state index contributed by atoms with van der Waals surface area (Å²) >= 11 is 3.61. The number of H-pyrrole nitrogens is 1. The topological polar surface area (TPSA) is 101 Å². The summed E-state index contributed by atoms with van der Waals surface area (Å²) in [7, 11) is 0. The van der Waals surface area contributed by atoms with Crippen LogP contribution < -0.4 is 5.32 Å². The van der Waals surface area contributed by atoms with Gasteiger partial charge in [0.2, 0.25) is 0 Å². The number of hydrogen-bond acceptors (Lipinski definition) is 5. The predicted octanol–water partition coefficient (Wildman–Crippen LogP) is 3.79. The van der Waals surface area contributed by atoms with Gasteiger partial charge < -0.3 is 5.32 Å². The number of nitrogens with one attached hydrogen (secondary N) is 2. The molecule has 1 saturated carbocycles. The second-order valence-electron chi connectivity index (χ2n) is 7.92. The van der Waals surface area contributed by atoms with Gasteiger partial charge in [-0.05, 0) is 59.3 Å². The second-order valence-corrected chi connectivity index (χ2v) is 8.71. The molecule has 3 aliphatic heterocycles. The van der Waals surface area contributed by atoms with Crippen LogP contribution in [-0.2, 0) is 0 Å². The Kier molecular flexibility index (Phi) is 4.30. The van der Waals surface area contributed by atoms with E-state index < -0.39 is 0 Å². The third kappa shape index (κ3) is 2.62. The van der Waals surface area contributed by atoms with Crippen LogP contribution in [-0.4, -0.2) is 28.5 Å². The molecule has 2 saturated heterocycles. The van der Waals surface area contributed by atoms with Crippen LogP contribution in [0.3, 0.4) is 0 Å². The van der Waals surface area contributed by atoms with E-state index in [-0.39, 0.29) is 17.8 Å². The first-order chi connectivity index (χ1) is 13.7. The number of benzene rings is 1. The number of aromatic amines is 1. The highest BCUT2D eigenvalue weighted by Gasteiger charge is 2.45. The molecule has 2 aromatic rings. The molecule has 2 bridgehead atoms. The zero-order valence-electron chi connectivity index (χ0n) is 15.2. The Bertz CT molecular complexity index is 1030. The van der Waals surface area contributed by atoms with Crippen molar-refractivity contribution in [3.05, 3.63) is 45.6 Å². The smallest absolute Gasteiger partial charge is 0.151 e. The lowest BCUT2D eigenvalue weighted by atomic mass is 9.66. The predicted molar refractivity (Wildman–Crippen MR) is 108 cm³/mol. The van der Waals surface area contributed by atoms with Crippen molar-refractivity contribution in [1.82, 2.24) is 15.5 Å². The van der Waals surface area contributed by atoms with Crippen LogP contribution in [0.25, 0.3) is 0 Å². The molecule has 2 N–H and O–H groups in total. The molecule has 5 atom stereocenters. The van der Waals surface area contributed by atoms with Crippen LogP contribution in [0.1, 0.15) is 41.9 Å². The summed E-state index contributed by atoms with van der Waals surface area (Å²) in [6, 6.07) is 10.8. The number of aliphatic imine (C=N–C) groups is 1. The maximum absolute atomic E-state index is 10.2. The molecule has 0 radical (unpaired) electrons. The molecule has 0 spiro atoms. The zero-order valence-corrected chi connectivity index (χ0v) is 16.8. The number of nitrogens with zero attached hydrogens (tertiary/aromatic N) is 4. The van der Waals surface area contributed by atoms with Crippen molar-refractivity contribution < 1.29 is 0 Å². The average Bonchev–Trinajstić information content (AvgIpc) is 3.22. The van der Waals surface area contributed by atoms with Crippen molar-refractivity contribution in [3.8, 4) is 12.1 Å². The summed E-state index contributed by atoms with van der Waals surface area (Å²) < 4.78 is 0.749. The van der Waals surface area contributed by atoms with Gasteiger partial charge in [0.1, 0.15) is 6.07 Å². The minimum atomic E-state index is -0.374. The number of piperidine rings is 2. The fraction of sp³-hybridized carbons (Fsp3) is 0.429. The van der Waals surface area contributed by atoms with E-state index in [1.807, 2.05) is 12.1 Å². The van der Waals surface area contributed by atoms with E-state index in [1.165, 1.54) is 6.42 Å². The molecule has 4 heterocycles. The maximum Gasteiger partial charge on any atom is 0.151 e. The van der Waals surface area contributed by atoms with E-state index in [9.17, 15) is 10.5 Å².